The maximum absolute atomic E-state index is 13.6. The Morgan fingerprint density at radius 3 is 2.24 bits per heavy atom. The molecule has 1 aliphatic heterocycles. The second-order valence-corrected chi connectivity index (χ2v) is 7.42. The number of ketones is 1. The number of rotatable bonds is 7. The third-order valence-electron chi connectivity index (χ3n) is 5.11. The summed E-state index contributed by atoms with van der Waals surface area (Å²) in [5.74, 6) is -5.07. The van der Waals surface area contributed by atoms with Crippen LogP contribution < -0.4 is 0 Å². The molecule has 0 radical (unpaired) electrons. The van der Waals surface area contributed by atoms with Crippen molar-refractivity contribution in [3.63, 3.8) is 0 Å². The number of nitrogens with zero attached hydrogens (tertiary/aromatic N) is 1. The van der Waals surface area contributed by atoms with Gasteiger partial charge >= 0.3 is 18.1 Å². The predicted octanol–water partition coefficient (Wildman–Crippen LogP) is 4.53. The average Bonchev–Trinajstić information content (AvgIpc) is 2.82. The van der Waals surface area contributed by atoms with Gasteiger partial charge in [0, 0.05) is 30.4 Å². The third kappa shape index (κ3) is 5.54. The summed E-state index contributed by atoms with van der Waals surface area (Å²) in [6.07, 6.45) is -2.75. The van der Waals surface area contributed by atoms with Crippen LogP contribution in [0.4, 0.5) is 13.2 Å². The van der Waals surface area contributed by atoms with Crippen molar-refractivity contribution in [3.8, 4) is 0 Å². The molecule has 1 unspecified atom stereocenters. The van der Waals surface area contributed by atoms with Crippen molar-refractivity contribution in [1.82, 2.24) is 4.90 Å². The molecule has 0 amide bonds. The molecule has 2 aromatic carbocycles. The molecule has 2 aromatic rings. The van der Waals surface area contributed by atoms with E-state index in [0.29, 0.717) is 0 Å². The van der Waals surface area contributed by atoms with Gasteiger partial charge in [-0.15, -0.1) is 0 Å². The SMILES string of the molecule is CCOC(=O)c1cccc(C2C(C(=O)OC)=CN(Cc3ccccc3)C=C2C(=O)C(F)(F)F)c1. The Morgan fingerprint density at radius 2 is 1.62 bits per heavy atom. The van der Waals surface area contributed by atoms with Gasteiger partial charge in [-0.2, -0.15) is 13.2 Å². The van der Waals surface area contributed by atoms with Crippen LogP contribution in [-0.2, 0) is 25.6 Å². The number of Topliss-reactive ketones (excluding diaryl/α,β-unsaturated/α-hetero) is 1. The number of methoxy groups -OCH3 is 1. The Kier molecular flexibility index (Phi) is 7.55. The summed E-state index contributed by atoms with van der Waals surface area (Å²) in [6, 6.07) is 14.5. The zero-order valence-corrected chi connectivity index (χ0v) is 18.5. The number of allylic oxidation sites excluding steroid dienone is 1. The number of ether oxygens (including phenoxy) is 2. The zero-order chi connectivity index (χ0) is 24.9. The zero-order valence-electron chi connectivity index (χ0n) is 18.5. The number of hydrogen-bond acceptors (Lipinski definition) is 6. The molecule has 1 heterocycles. The van der Waals surface area contributed by atoms with E-state index in [1.807, 2.05) is 0 Å². The van der Waals surface area contributed by atoms with E-state index < -0.39 is 35.4 Å². The van der Waals surface area contributed by atoms with Crippen LogP contribution in [0, 0.1) is 0 Å². The van der Waals surface area contributed by atoms with Crippen LogP contribution in [0.25, 0.3) is 0 Å². The molecule has 0 fully saturated rings. The number of halogens is 3. The molecular weight excluding hydrogens is 451 g/mol. The molecule has 0 aromatic heterocycles. The highest BCUT2D eigenvalue weighted by Crippen LogP contribution is 2.40. The van der Waals surface area contributed by atoms with Crippen molar-refractivity contribution in [2.75, 3.05) is 13.7 Å². The minimum absolute atomic E-state index is 0.0779. The Balaban J connectivity index is 2.14. The lowest BCUT2D eigenvalue weighted by atomic mass is 9.81. The molecule has 34 heavy (non-hydrogen) atoms. The molecule has 0 saturated heterocycles. The largest absolute Gasteiger partial charge is 0.466 e. The Morgan fingerprint density at radius 1 is 0.941 bits per heavy atom. The first-order valence-corrected chi connectivity index (χ1v) is 10.4. The second-order valence-electron chi connectivity index (χ2n) is 7.42. The summed E-state index contributed by atoms with van der Waals surface area (Å²) >= 11 is 0. The van der Waals surface area contributed by atoms with Crippen LogP contribution in [0.2, 0.25) is 0 Å². The number of hydrogen-bond donors (Lipinski definition) is 0. The molecule has 0 saturated carbocycles. The number of esters is 2. The average molecular weight is 473 g/mol. The van der Waals surface area contributed by atoms with E-state index in [4.69, 9.17) is 9.47 Å². The molecule has 0 spiro atoms. The fourth-order valence-electron chi connectivity index (χ4n) is 3.66. The van der Waals surface area contributed by atoms with E-state index in [1.54, 1.807) is 37.3 Å². The standard InChI is InChI=1S/C25H22F3NO5/c1-3-34-23(31)18-11-7-10-17(12-18)21-19(22(30)25(26,27)28)14-29(15-20(21)24(32)33-2)13-16-8-5-4-6-9-16/h4-12,14-15,21H,3,13H2,1-2H3. The second kappa shape index (κ2) is 10.4. The minimum Gasteiger partial charge on any atom is -0.466 e. The molecule has 0 aliphatic carbocycles. The molecule has 3 rings (SSSR count). The van der Waals surface area contributed by atoms with E-state index in [0.717, 1.165) is 18.9 Å². The van der Waals surface area contributed by atoms with Crippen molar-refractivity contribution in [3.05, 3.63) is 94.8 Å². The lowest BCUT2D eigenvalue weighted by Gasteiger charge is -2.31. The van der Waals surface area contributed by atoms with E-state index in [9.17, 15) is 27.6 Å². The van der Waals surface area contributed by atoms with Crippen molar-refractivity contribution < 1.29 is 37.0 Å². The molecule has 9 heteroatoms. The molecule has 1 atom stereocenters. The maximum atomic E-state index is 13.6. The topological polar surface area (TPSA) is 72.9 Å². The number of carbonyl (C=O) groups excluding carboxylic acids is 3. The van der Waals surface area contributed by atoms with Gasteiger partial charge < -0.3 is 14.4 Å². The molecule has 0 N–H and O–H groups in total. The highest BCUT2D eigenvalue weighted by atomic mass is 19.4. The van der Waals surface area contributed by atoms with E-state index in [2.05, 4.69) is 0 Å². The fourth-order valence-corrected chi connectivity index (χ4v) is 3.66. The Labute approximate surface area is 194 Å². The first kappa shape index (κ1) is 24.8. The quantitative estimate of drug-likeness (QED) is 0.550. The van der Waals surface area contributed by atoms with E-state index in [1.165, 1.54) is 35.4 Å². The van der Waals surface area contributed by atoms with Crippen LogP contribution in [0.5, 0.6) is 0 Å². The van der Waals surface area contributed by atoms with Crippen LogP contribution in [0.15, 0.2) is 78.1 Å². The first-order chi connectivity index (χ1) is 16.2. The van der Waals surface area contributed by atoms with Crippen LogP contribution in [0.1, 0.15) is 34.3 Å². The van der Waals surface area contributed by atoms with E-state index in [-0.39, 0.29) is 29.9 Å². The van der Waals surface area contributed by atoms with Gasteiger partial charge in [0.1, 0.15) is 0 Å². The van der Waals surface area contributed by atoms with Crippen LogP contribution in [0.3, 0.4) is 0 Å². The monoisotopic (exact) mass is 473 g/mol. The van der Waals surface area contributed by atoms with Gasteiger partial charge in [-0.1, -0.05) is 42.5 Å². The summed E-state index contributed by atoms with van der Waals surface area (Å²) in [5.41, 5.74) is 0.141. The smallest absolute Gasteiger partial charge is 0.454 e. The number of alkyl halides is 3. The fraction of sp³-hybridized carbons (Fsp3) is 0.240. The molecule has 1 aliphatic rings. The molecule has 6 nitrogen and oxygen atoms in total. The molecular formula is C25H22F3NO5. The third-order valence-corrected chi connectivity index (χ3v) is 5.11. The maximum Gasteiger partial charge on any atom is 0.454 e. The van der Waals surface area contributed by atoms with Gasteiger partial charge in [0.2, 0.25) is 0 Å². The minimum atomic E-state index is -5.18. The lowest BCUT2D eigenvalue weighted by Crippen LogP contribution is -2.34. The first-order valence-electron chi connectivity index (χ1n) is 10.4. The Hall–Kier alpha value is -3.88. The highest BCUT2D eigenvalue weighted by molar-refractivity contribution is 6.05. The highest BCUT2D eigenvalue weighted by Gasteiger charge is 2.46. The Bertz CT molecular complexity index is 1140. The van der Waals surface area contributed by atoms with Crippen molar-refractivity contribution in [2.24, 2.45) is 0 Å². The van der Waals surface area contributed by atoms with Crippen LogP contribution in [-0.4, -0.2) is 42.5 Å². The van der Waals surface area contributed by atoms with Gasteiger partial charge in [0.25, 0.3) is 5.78 Å². The van der Waals surface area contributed by atoms with Gasteiger partial charge in [0.15, 0.2) is 0 Å². The summed E-state index contributed by atoms with van der Waals surface area (Å²) in [5, 5.41) is 0. The summed E-state index contributed by atoms with van der Waals surface area (Å²) in [6.45, 7) is 1.84. The number of carbonyl (C=O) groups is 3. The van der Waals surface area contributed by atoms with Gasteiger partial charge in [-0.3, -0.25) is 4.79 Å². The molecule has 0 bridgehead atoms. The summed E-state index contributed by atoms with van der Waals surface area (Å²) < 4.78 is 50.5. The summed E-state index contributed by atoms with van der Waals surface area (Å²) in [4.78, 5) is 38.7. The van der Waals surface area contributed by atoms with Crippen LogP contribution >= 0.6 is 0 Å². The van der Waals surface area contributed by atoms with Crippen molar-refractivity contribution in [2.45, 2.75) is 25.6 Å². The lowest BCUT2D eigenvalue weighted by molar-refractivity contribution is -0.166. The van der Waals surface area contributed by atoms with E-state index >= 15 is 0 Å². The normalized spacial score (nSPS) is 15.8. The van der Waals surface area contributed by atoms with Gasteiger partial charge in [-0.05, 0) is 30.2 Å². The van der Waals surface area contributed by atoms with Gasteiger partial charge in [-0.25, -0.2) is 9.59 Å². The summed E-state index contributed by atoms with van der Waals surface area (Å²) in [7, 11) is 1.10. The molecule has 178 valence electrons. The van der Waals surface area contributed by atoms with Gasteiger partial charge in [0.05, 0.1) is 24.9 Å². The van der Waals surface area contributed by atoms with Crippen molar-refractivity contribution >= 4 is 17.7 Å². The number of benzene rings is 2. The van der Waals surface area contributed by atoms with Crippen molar-refractivity contribution in [1.29, 1.82) is 0 Å². The predicted molar refractivity (Wildman–Crippen MR) is 116 cm³/mol.